The Labute approximate surface area is 195 Å². The van der Waals surface area contributed by atoms with E-state index in [1.54, 1.807) is 11.3 Å². The Morgan fingerprint density at radius 3 is 2.78 bits per heavy atom. The van der Waals surface area contributed by atoms with Gasteiger partial charge in [-0.05, 0) is 60.7 Å². The van der Waals surface area contributed by atoms with E-state index in [1.165, 1.54) is 35.7 Å². The van der Waals surface area contributed by atoms with Crippen molar-refractivity contribution in [1.82, 2.24) is 20.1 Å². The van der Waals surface area contributed by atoms with Gasteiger partial charge in [0.25, 0.3) is 0 Å². The summed E-state index contributed by atoms with van der Waals surface area (Å²) in [6.45, 7) is 2.39. The van der Waals surface area contributed by atoms with E-state index in [-0.39, 0.29) is 30.0 Å². The van der Waals surface area contributed by atoms with Crippen molar-refractivity contribution in [2.45, 2.75) is 56.8 Å². The Morgan fingerprint density at radius 2 is 2.03 bits per heavy atom. The summed E-state index contributed by atoms with van der Waals surface area (Å²) in [5, 5.41) is 14.2. The lowest BCUT2D eigenvalue weighted by molar-refractivity contribution is -0.119. The number of aromatic nitrogens is 3. The fraction of sp³-hybridized carbons (Fsp3) is 0.391. The summed E-state index contributed by atoms with van der Waals surface area (Å²) in [6.07, 6.45) is 4.95. The molecule has 2 aromatic heterocycles. The van der Waals surface area contributed by atoms with Gasteiger partial charge >= 0.3 is 0 Å². The molecule has 3 N–H and O–H groups in total. The van der Waals surface area contributed by atoms with Crippen LogP contribution in [0.1, 0.15) is 48.9 Å². The molecular formula is C23H27N5O2S2. The second-order valence-electron chi connectivity index (χ2n) is 7.96. The van der Waals surface area contributed by atoms with Crippen molar-refractivity contribution < 1.29 is 9.59 Å². The number of rotatable bonds is 9. The number of nitrogens with two attached hydrogens (primary N) is 1. The maximum atomic E-state index is 12.6. The number of nitrogens with zero attached hydrogens (tertiary/aromatic N) is 3. The number of aryl methyl sites for hydroxylation is 2. The predicted molar refractivity (Wildman–Crippen MR) is 128 cm³/mol. The first-order valence-corrected chi connectivity index (χ1v) is 12.7. The molecule has 7 nitrogen and oxygen atoms in total. The molecule has 9 heteroatoms. The summed E-state index contributed by atoms with van der Waals surface area (Å²) < 4.78 is 1.86. The molecule has 1 aliphatic rings. The highest BCUT2D eigenvalue weighted by molar-refractivity contribution is 7.99. The predicted octanol–water partition coefficient (Wildman–Crippen LogP) is 3.73. The topological polar surface area (TPSA) is 103 Å². The van der Waals surface area contributed by atoms with Crippen molar-refractivity contribution >= 4 is 34.9 Å². The fourth-order valence-corrected chi connectivity index (χ4v) is 5.42. The van der Waals surface area contributed by atoms with Crippen molar-refractivity contribution in [2.24, 2.45) is 5.73 Å². The van der Waals surface area contributed by atoms with Gasteiger partial charge in [-0.3, -0.25) is 9.59 Å². The number of hydrogen-bond acceptors (Lipinski definition) is 6. The quantitative estimate of drug-likeness (QED) is 0.465. The third-order valence-corrected chi connectivity index (χ3v) is 7.46. The summed E-state index contributed by atoms with van der Waals surface area (Å²) >= 11 is 2.86. The monoisotopic (exact) mass is 469 g/mol. The molecule has 2 amide bonds. The van der Waals surface area contributed by atoms with Crippen LogP contribution in [0.4, 0.5) is 0 Å². The van der Waals surface area contributed by atoms with Gasteiger partial charge < -0.3 is 15.6 Å². The average molecular weight is 470 g/mol. The minimum Gasteiger partial charge on any atom is -0.370 e. The summed E-state index contributed by atoms with van der Waals surface area (Å²) in [5.74, 6) is 0.450. The normalized spacial score (nSPS) is 14.0. The highest BCUT2D eigenvalue weighted by Gasteiger charge is 2.18. The first-order valence-electron chi connectivity index (χ1n) is 10.8. The van der Waals surface area contributed by atoms with E-state index in [0.29, 0.717) is 17.5 Å². The van der Waals surface area contributed by atoms with Crippen LogP contribution in [0.3, 0.4) is 0 Å². The number of fused-ring (bicyclic) bond motifs is 1. The van der Waals surface area contributed by atoms with E-state index in [1.807, 2.05) is 29.0 Å². The summed E-state index contributed by atoms with van der Waals surface area (Å²) in [5.41, 5.74) is 9.32. The van der Waals surface area contributed by atoms with Gasteiger partial charge in [0.05, 0.1) is 16.7 Å². The third-order valence-electron chi connectivity index (χ3n) is 5.62. The van der Waals surface area contributed by atoms with E-state index in [0.717, 1.165) is 23.3 Å². The van der Waals surface area contributed by atoms with Crippen molar-refractivity contribution in [3.8, 4) is 10.7 Å². The van der Waals surface area contributed by atoms with Crippen molar-refractivity contribution in [3.05, 3.63) is 52.4 Å². The number of benzene rings is 1. The second kappa shape index (κ2) is 10.3. The summed E-state index contributed by atoms with van der Waals surface area (Å²) in [7, 11) is 0. The van der Waals surface area contributed by atoms with E-state index < -0.39 is 0 Å². The summed E-state index contributed by atoms with van der Waals surface area (Å²) in [6, 6.07) is 10.4. The Bertz CT molecular complexity index is 1090. The van der Waals surface area contributed by atoms with Crippen molar-refractivity contribution in [3.63, 3.8) is 0 Å². The van der Waals surface area contributed by atoms with Crippen LogP contribution >= 0.6 is 23.1 Å². The molecule has 3 aromatic rings. The number of primary amides is 1. The molecular weight excluding hydrogens is 442 g/mol. The molecule has 1 aromatic carbocycles. The van der Waals surface area contributed by atoms with Crippen LogP contribution in [0.5, 0.6) is 0 Å². The Morgan fingerprint density at radius 1 is 1.22 bits per heavy atom. The highest BCUT2D eigenvalue weighted by Crippen LogP contribution is 2.28. The first kappa shape index (κ1) is 22.5. The fourth-order valence-electron chi connectivity index (χ4n) is 3.93. The summed E-state index contributed by atoms with van der Waals surface area (Å²) in [4.78, 5) is 24.9. The molecule has 168 valence electrons. The molecule has 1 atom stereocenters. The zero-order chi connectivity index (χ0) is 22.5. The molecule has 0 fully saturated rings. The SMILES string of the molecule is CC(NC(=O)CSc1nnc(-c2cccs2)n1CCC(N)=O)c1ccc2c(c1)CCCC2. The molecule has 0 aliphatic heterocycles. The Kier molecular flexibility index (Phi) is 7.26. The van der Waals surface area contributed by atoms with Crippen molar-refractivity contribution in [2.75, 3.05) is 5.75 Å². The first-order chi connectivity index (χ1) is 15.5. The van der Waals surface area contributed by atoms with Gasteiger partial charge in [0, 0.05) is 13.0 Å². The number of carbonyl (C=O) groups is 2. The number of hydrogen-bond donors (Lipinski definition) is 2. The second-order valence-corrected chi connectivity index (χ2v) is 9.85. The zero-order valence-electron chi connectivity index (χ0n) is 18.0. The lowest BCUT2D eigenvalue weighted by Gasteiger charge is -2.20. The molecule has 0 radical (unpaired) electrons. The standard InChI is InChI=1S/C23H27N5O2S2/c1-15(17-9-8-16-5-2-3-6-18(16)13-17)25-21(30)14-32-23-27-26-22(19-7-4-12-31-19)28(23)11-10-20(24)29/h4,7-9,12-13,15H,2-3,5-6,10-11,14H2,1H3,(H2,24,29)(H,25,30). The lowest BCUT2D eigenvalue weighted by atomic mass is 9.89. The molecule has 4 rings (SSSR count). The van der Waals surface area contributed by atoms with E-state index in [2.05, 4.69) is 33.7 Å². The number of nitrogens with one attached hydrogen (secondary N) is 1. The maximum Gasteiger partial charge on any atom is 0.230 e. The molecule has 32 heavy (non-hydrogen) atoms. The Balaban J connectivity index is 1.39. The molecule has 0 bridgehead atoms. The highest BCUT2D eigenvalue weighted by atomic mass is 32.2. The van der Waals surface area contributed by atoms with Crippen LogP contribution in [0, 0.1) is 0 Å². The number of thioether (sulfide) groups is 1. The Hall–Kier alpha value is -2.65. The minimum absolute atomic E-state index is 0.0651. The van der Waals surface area contributed by atoms with Gasteiger partial charge in [0.1, 0.15) is 0 Å². The van der Waals surface area contributed by atoms with Crippen molar-refractivity contribution in [1.29, 1.82) is 0 Å². The van der Waals surface area contributed by atoms with Gasteiger partial charge in [-0.1, -0.05) is 36.0 Å². The lowest BCUT2D eigenvalue weighted by Crippen LogP contribution is -2.28. The van der Waals surface area contributed by atoms with Gasteiger partial charge in [-0.15, -0.1) is 21.5 Å². The number of carbonyl (C=O) groups excluding carboxylic acids is 2. The molecule has 0 saturated carbocycles. The van der Waals surface area contributed by atoms with Crippen LogP contribution in [-0.2, 0) is 29.0 Å². The largest absolute Gasteiger partial charge is 0.370 e. The molecule has 0 saturated heterocycles. The molecule has 1 unspecified atom stereocenters. The zero-order valence-corrected chi connectivity index (χ0v) is 19.7. The van der Waals surface area contributed by atoms with Gasteiger partial charge in [0.15, 0.2) is 11.0 Å². The van der Waals surface area contributed by atoms with E-state index in [9.17, 15) is 9.59 Å². The van der Waals surface area contributed by atoms with Crippen LogP contribution in [-0.4, -0.2) is 32.3 Å². The minimum atomic E-state index is -0.386. The average Bonchev–Trinajstić information content (AvgIpc) is 3.45. The smallest absolute Gasteiger partial charge is 0.230 e. The van der Waals surface area contributed by atoms with E-state index in [4.69, 9.17) is 5.73 Å². The molecule has 1 aliphatic carbocycles. The number of amides is 2. The molecule has 0 spiro atoms. The third kappa shape index (κ3) is 5.39. The van der Waals surface area contributed by atoms with Crippen LogP contribution in [0.2, 0.25) is 0 Å². The van der Waals surface area contributed by atoms with Gasteiger partial charge in [-0.25, -0.2) is 0 Å². The van der Waals surface area contributed by atoms with Crippen LogP contribution in [0.25, 0.3) is 10.7 Å². The van der Waals surface area contributed by atoms with Crippen LogP contribution < -0.4 is 11.1 Å². The van der Waals surface area contributed by atoms with E-state index >= 15 is 0 Å². The molecule has 2 heterocycles. The number of thiophene rings is 1. The van der Waals surface area contributed by atoms with Crippen LogP contribution in [0.15, 0.2) is 40.9 Å². The van der Waals surface area contributed by atoms with Gasteiger partial charge in [-0.2, -0.15) is 0 Å². The van der Waals surface area contributed by atoms with Gasteiger partial charge in [0.2, 0.25) is 11.8 Å². The maximum absolute atomic E-state index is 12.6.